The number of hydrogen-bond donors (Lipinski definition) is 3. The maximum absolute atomic E-state index is 11.9. The van der Waals surface area contributed by atoms with Gasteiger partial charge in [-0.25, -0.2) is 11.3 Å². The Kier molecular flexibility index (Phi) is 4.62. The van der Waals surface area contributed by atoms with Crippen molar-refractivity contribution in [1.82, 2.24) is 10.9 Å². The summed E-state index contributed by atoms with van der Waals surface area (Å²) in [7, 11) is 0. The fourth-order valence-electron chi connectivity index (χ4n) is 2.10. The van der Waals surface area contributed by atoms with Crippen LogP contribution in [0, 0.1) is 5.41 Å². The fourth-order valence-corrected chi connectivity index (χ4v) is 2.10. The van der Waals surface area contributed by atoms with Crippen LogP contribution in [0.2, 0.25) is 0 Å². The van der Waals surface area contributed by atoms with Gasteiger partial charge in [-0.1, -0.05) is 19.8 Å². The normalized spacial score (nSPS) is 23.2. The van der Waals surface area contributed by atoms with E-state index in [1.807, 2.05) is 6.92 Å². The minimum atomic E-state index is -0.622. The van der Waals surface area contributed by atoms with E-state index in [2.05, 4.69) is 22.9 Å². The third-order valence-electron chi connectivity index (χ3n) is 3.35. The van der Waals surface area contributed by atoms with Crippen LogP contribution in [0.15, 0.2) is 5.10 Å². The second kappa shape index (κ2) is 5.77. The lowest BCUT2D eigenvalue weighted by molar-refractivity contribution is -0.127. The van der Waals surface area contributed by atoms with E-state index in [9.17, 15) is 9.59 Å². The van der Waals surface area contributed by atoms with Crippen LogP contribution < -0.4 is 16.7 Å². The summed E-state index contributed by atoms with van der Waals surface area (Å²) in [6, 6.07) is 0. The maximum atomic E-state index is 11.9. The molecule has 0 aromatic rings. The number of nitrogens with two attached hydrogens (primary N) is 1. The Hall–Kier alpha value is -1.43. The first kappa shape index (κ1) is 13.6. The minimum absolute atomic E-state index is 0.103. The van der Waals surface area contributed by atoms with E-state index in [1.165, 1.54) is 0 Å². The molecule has 6 heteroatoms. The van der Waals surface area contributed by atoms with Gasteiger partial charge in [0.05, 0.1) is 11.1 Å². The van der Waals surface area contributed by atoms with Crippen molar-refractivity contribution in [2.24, 2.45) is 16.4 Å². The zero-order chi connectivity index (χ0) is 12.9. The van der Waals surface area contributed by atoms with Gasteiger partial charge in [-0.2, -0.15) is 5.10 Å². The van der Waals surface area contributed by atoms with Crippen molar-refractivity contribution in [3.8, 4) is 0 Å². The summed E-state index contributed by atoms with van der Waals surface area (Å²) < 4.78 is 0. The van der Waals surface area contributed by atoms with E-state index in [1.54, 1.807) is 0 Å². The molecule has 0 spiro atoms. The van der Waals surface area contributed by atoms with Crippen LogP contribution in [-0.2, 0) is 9.59 Å². The van der Waals surface area contributed by atoms with Gasteiger partial charge in [0.1, 0.15) is 0 Å². The molecule has 1 rings (SSSR count). The molecule has 96 valence electrons. The SMILES string of the molecule is CCCC[C@@]1(CCC(=O)NN)C(=O)NN=C1C. The predicted octanol–water partition coefficient (Wildman–Crippen LogP) is 0.439. The molecule has 0 aliphatic carbocycles. The summed E-state index contributed by atoms with van der Waals surface area (Å²) in [5.41, 5.74) is 4.72. The molecule has 1 heterocycles. The van der Waals surface area contributed by atoms with Crippen molar-refractivity contribution in [3.05, 3.63) is 0 Å². The van der Waals surface area contributed by atoms with Crippen LogP contribution in [0.1, 0.15) is 46.0 Å². The third-order valence-corrected chi connectivity index (χ3v) is 3.35. The number of carbonyl (C=O) groups excluding carboxylic acids is 2. The number of rotatable bonds is 6. The summed E-state index contributed by atoms with van der Waals surface area (Å²) in [5, 5.41) is 3.98. The van der Waals surface area contributed by atoms with Crippen LogP contribution in [0.4, 0.5) is 0 Å². The molecule has 17 heavy (non-hydrogen) atoms. The van der Waals surface area contributed by atoms with E-state index in [0.29, 0.717) is 6.42 Å². The number of hydrazone groups is 1. The Morgan fingerprint density at radius 1 is 1.53 bits per heavy atom. The highest BCUT2D eigenvalue weighted by Crippen LogP contribution is 2.35. The van der Waals surface area contributed by atoms with Crippen molar-refractivity contribution in [2.45, 2.75) is 46.0 Å². The highest BCUT2D eigenvalue weighted by atomic mass is 16.2. The lowest BCUT2D eigenvalue weighted by atomic mass is 9.75. The summed E-state index contributed by atoms with van der Waals surface area (Å²) in [5.74, 6) is 4.68. The smallest absolute Gasteiger partial charge is 0.252 e. The van der Waals surface area contributed by atoms with Gasteiger partial charge in [-0.15, -0.1) is 0 Å². The zero-order valence-electron chi connectivity index (χ0n) is 10.4. The highest BCUT2D eigenvalue weighted by Gasteiger charge is 2.44. The van der Waals surface area contributed by atoms with Crippen molar-refractivity contribution in [1.29, 1.82) is 0 Å². The topological polar surface area (TPSA) is 96.6 Å². The largest absolute Gasteiger partial charge is 0.294 e. The summed E-state index contributed by atoms with van der Waals surface area (Å²) >= 11 is 0. The second-order valence-electron chi connectivity index (χ2n) is 4.39. The van der Waals surface area contributed by atoms with Crippen molar-refractivity contribution < 1.29 is 9.59 Å². The number of nitrogens with zero attached hydrogens (tertiary/aromatic N) is 1. The molecule has 0 unspecified atom stereocenters. The molecule has 2 amide bonds. The molecule has 0 aromatic carbocycles. The molecule has 4 N–H and O–H groups in total. The van der Waals surface area contributed by atoms with Crippen molar-refractivity contribution in [3.63, 3.8) is 0 Å². The van der Waals surface area contributed by atoms with Gasteiger partial charge < -0.3 is 0 Å². The molecule has 1 aliphatic heterocycles. The van der Waals surface area contributed by atoms with E-state index >= 15 is 0 Å². The molecule has 0 aromatic heterocycles. The Balaban J connectivity index is 2.75. The maximum Gasteiger partial charge on any atom is 0.252 e. The Bertz CT molecular complexity index is 340. The number of hydrazine groups is 1. The number of nitrogens with one attached hydrogen (secondary N) is 2. The van der Waals surface area contributed by atoms with Crippen molar-refractivity contribution in [2.75, 3.05) is 0 Å². The fraction of sp³-hybridized carbons (Fsp3) is 0.727. The highest BCUT2D eigenvalue weighted by molar-refractivity contribution is 6.11. The number of amides is 2. The van der Waals surface area contributed by atoms with Gasteiger partial charge in [0.2, 0.25) is 5.91 Å². The Labute approximate surface area is 101 Å². The number of carbonyl (C=O) groups is 2. The minimum Gasteiger partial charge on any atom is -0.294 e. The van der Waals surface area contributed by atoms with E-state index in [0.717, 1.165) is 25.0 Å². The number of hydrogen-bond acceptors (Lipinski definition) is 4. The van der Waals surface area contributed by atoms with Crippen LogP contribution in [-0.4, -0.2) is 17.5 Å². The van der Waals surface area contributed by atoms with Gasteiger partial charge in [0.15, 0.2) is 0 Å². The van der Waals surface area contributed by atoms with Gasteiger partial charge in [0, 0.05) is 6.42 Å². The molecule has 0 bridgehead atoms. The Morgan fingerprint density at radius 3 is 2.71 bits per heavy atom. The van der Waals surface area contributed by atoms with E-state index in [4.69, 9.17) is 5.84 Å². The summed E-state index contributed by atoms with van der Waals surface area (Å²) in [6.07, 6.45) is 3.36. The van der Waals surface area contributed by atoms with E-state index < -0.39 is 5.41 Å². The lowest BCUT2D eigenvalue weighted by Gasteiger charge is -2.26. The molecule has 6 nitrogen and oxygen atoms in total. The van der Waals surface area contributed by atoms with Gasteiger partial charge in [-0.05, 0) is 19.8 Å². The quantitative estimate of drug-likeness (QED) is 0.357. The summed E-state index contributed by atoms with van der Waals surface area (Å²) in [6.45, 7) is 3.90. The second-order valence-corrected chi connectivity index (χ2v) is 4.39. The lowest BCUT2D eigenvalue weighted by Crippen LogP contribution is -2.39. The third kappa shape index (κ3) is 2.82. The average molecular weight is 240 g/mol. The standard InChI is InChI=1S/C11H20N4O2/c1-3-4-6-11(7-5-9(16)13-12)8(2)14-15-10(11)17/h3-7,12H2,1-2H3,(H,13,16)(H,15,17)/t11-/m0/s1. The van der Waals surface area contributed by atoms with E-state index in [-0.39, 0.29) is 18.2 Å². The molecular formula is C11H20N4O2. The van der Waals surface area contributed by atoms with Crippen LogP contribution >= 0.6 is 0 Å². The molecular weight excluding hydrogens is 220 g/mol. The first-order chi connectivity index (χ1) is 8.06. The molecule has 0 fully saturated rings. The monoisotopic (exact) mass is 240 g/mol. The molecule has 1 aliphatic rings. The van der Waals surface area contributed by atoms with Gasteiger partial charge in [-0.3, -0.25) is 15.0 Å². The van der Waals surface area contributed by atoms with Gasteiger partial charge in [0.25, 0.3) is 5.91 Å². The van der Waals surface area contributed by atoms with Gasteiger partial charge >= 0.3 is 0 Å². The first-order valence-corrected chi connectivity index (χ1v) is 5.91. The molecule has 0 radical (unpaired) electrons. The van der Waals surface area contributed by atoms with Crippen LogP contribution in [0.3, 0.4) is 0 Å². The van der Waals surface area contributed by atoms with Crippen LogP contribution in [0.25, 0.3) is 0 Å². The zero-order valence-corrected chi connectivity index (χ0v) is 10.4. The average Bonchev–Trinajstić information content (AvgIpc) is 2.61. The van der Waals surface area contributed by atoms with Crippen molar-refractivity contribution >= 4 is 17.5 Å². The first-order valence-electron chi connectivity index (χ1n) is 5.91. The molecule has 1 atom stereocenters. The molecule has 0 saturated heterocycles. The number of unbranched alkanes of at least 4 members (excludes halogenated alkanes) is 1. The summed E-state index contributed by atoms with van der Waals surface area (Å²) in [4.78, 5) is 23.1. The molecule has 0 saturated carbocycles. The Morgan fingerprint density at radius 2 is 2.24 bits per heavy atom. The predicted molar refractivity (Wildman–Crippen MR) is 64.8 cm³/mol. The van der Waals surface area contributed by atoms with Crippen LogP contribution in [0.5, 0.6) is 0 Å².